The molecule has 0 saturated carbocycles. The number of amides is 1. The largest absolute Gasteiger partial charge is 0.494 e. The van der Waals surface area contributed by atoms with Crippen LogP contribution in [0.4, 0.5) is 0 Å². The highest BCUT2D eigenvalue weighted by Gasteiger charge is 2.31. The lowest BCUT2D eigenvalue weighted by atomic mass is 10.1. The summed E-state index contributed by atoms with van der Waals surface area (Å²) >= 11 is 0. The first-order valence-electron chi connectivity index (χ1n) is 7.47. The van der Waals surface area contributed by atoms with Crippen molar-refractivity contribution in [1.82, 2.24) is 4.90 Å². The van der Waals surface area contributed by atoms with Crippen LogP contribution in [0.5, 0.6) is 5.75 Å². The van der Waals surface area contributed by atoms with Crippen LogP contribution in [0.1, 0.15) is 25.3 Å². The van der Waals surface area contributed by atoms with Crippen LogP contribution >= 0.6 is 0 Å². The molecule has 2 rings (SSSR count). The lowest BCUT2D eigenvalue weighted by Crippen LogP contribution is -2.36. The minimum atomic E-state index is -0.359. The van der Waals surface area contributed by atoms with E-state index in [1.54, 1.807) is 11.9 Å². The Bertz CT molecular complexity index is 478. The molecular formula is C16H24N2O3. The van der Waals surface area contributed by atoms with Crippen molar-refractivity contribution < 1.29 is 14.3 Å². The molecule has 2 N–H and O–H groups in total. The van der Waals surface area contributed by atoms with Crippen LogP contribution in [0.2, 0.25) is 0 Å². The second-order valence-corrected chi connectivity index (χ2v) is 5.29. The molecule has 1 aromatic rings. The molecule has 1 amide bonds. The summed E-state index contributed by atoms with van der Waals surface area (Å²) in [5.41, 5.74) is 6.59. The second-order valence-electron chi connectivity index (χ2n) is 5.29. The molecule has 2 atom stereocenters. The van der Waals surface area contributed by atoms with Gasteiger partial charge in [-0.25, -0.2) is 0 Å². The van der Waals surface area contributed by atoms with E-state index in [1.165, 1.54) is 0 Å². The Balaban J connectivity index is 1.98. The van der Waals surface area contributed by atoms with Crippen LogP contribution in [0.25, 0.3) is 0 Å². The summed E-state index contributed by atoms with van der Waals surface area (Å²) < 4.78 is 11.3. The zero-order chi connectivity index (χ0) is 15.2. The van der Waals surface area contributed by atoms with Gasteiger partial charge in [-0.3, -0.25) is 4.79 Å². The summed E-state index contributed by atoms with van der Waals surface area (Å²) in [6, 6.07) is 7.79. The minimum Gasteiger partial charge on any atom is -0.494 e. The monoisotopic (exact) mass is 292 g/mol. The Morgan fingerprint density at radius 2 is 2.19 bits per heavy atom. The second kappa shape index (κ2) is 7.43. The number of hydrogen-bond donors (Lipinski definition) is 1. The van der Waals surface area contributed by atoms with Gasteiger partial charge in [-0.2, -0.15) is 0 Å². The number of nitrogens with zero attached hydrogens (tertiary/aromatic N) is 1. The Morgan fingerprint density at radius 1 is 1.43 bits per heavy atom. The number of carbonyl (C=O) groups is 1. The standard InChI is InChI=1S/C16H24N2O3/c1-3-20-14-7-5-4-6-12(14)11-18(2)16(19)15-9-8-13(10-17)21-15/h4-7,13,15H,3,8-11,17H2,1-2H3/t13-,15+/m1/s1. The number of hydrogen-bond acceptors (Lipinski definition) is 4. The van der Waals surface area contributed by atoms with E-state index in [4.69, 9.17) is 15.2 Å². The van der Waals surface area contributed by atoms with Gasteiger partial charge >= 0.3 is 0 Å². The number of nitrogens with two attached hydrogens (primary N) is 1. The SMILES string of the molecule is CCOc1ccccc1CN(C)C(=O)[C@@H]1CC[C@H](CN)O1. The van der Waals surface area contributed by atoms with Crippen LogP contribution in [-0.2, 0) is 16.1 Å². The topological polar surface area (TPSA) is 64.8 Å². The van der Waals surface area contributed by atoms with Crippen LogP contribution < -0.4 is 10.5 Å². The van der Waals surface area contributed by atoms with Gasteiger partial charge in [0, 0.05) is 25.7 Å². The molecule has 0 bridgehead atoms. The maximum atomic E-state index is 12.4. The van der Waals surface area contributed by atoms with E-state index in [0.29, 0.717) is 19.7 Å². The van der Waals surface area contributed by atoms with Crippen molar-refractivity contribution in [1.29, 1.82) is 0 Å². The van der Waals surface area contributed by atoms with Gasteiger partial charge in [-0.1, -0.05) is 18.2 Å². The van der Waals surface area contributed by atoms with Gasteiger partial charge in [-0.15, -0.1) is 0 Å². The maximum absolute atomic E-state index is 12.4. The third-order valence-electron chi connectivity index (χ3n) is 3.70. The van der Waals surface area contributed by atoms with Crippen molar-refractivity contribution in [2.75, 3.05) is 20.2 Å². The molecule has 5 nitrogen and oxygen atoms in total. The first-order valence-corrected chi connectivity index (χ1v) is 7.47. The third-order valence-corrected chi connectivity index (χ3v) is 3.70. The van der Waals surface area contributed by atoms with Crippen molar-refractivity contribution in [2.45, 2.75) is 38.5 Å². The molecule has 21 heavy (non-hydrogen) atoms. The lowest BCUT2D eigenvalue weighted by Gasteiger charge is -2.22. The average molecular weight is 292 g/mol. The summed E-state index contributed by atoms with van der Waals surface area (Å²) in [5.74, 6) is 0.837. The minimum absolute atomic E-state index is 0.0113. The molecule has 1 saturated heterocycles. The van der Waals surface area contributed by atoms with Crippen molar-refractivity contribution in [3.05, 3.63) is 29.8 Å². The molecule has 1 aromatic carbocycles. The number of rotatable bonds is 6. The number of ether oxygens (including phenoxy) is 2. The summed E-state index contributed by atoms with van der Waals surface area (Å²) in [7, 11) is 1.80. The van der Waals surface area contributed by atoms with Crippen molar-refractivity contribution in [3.8, 4) is 5.75 Å². The molecular weight excluding hydrogens is 268 g/mol. The highest BCUT2D eigenvalue weighted by molar-refractivity contribution is 5.81. The first kappa shape index (κ1) is 15.8. The summed E-state index contributed by atoms with van der Waals surface area (Å²) in [6.07, 6.45) is 1.26. The molecule has 0 unspecified atom stereocenters. The van der Waals surface area contributed by atoms with E-state index < -0.39 is 0 Å². The van der Waals surface area contributed by atoms with E-state index in [0.717, 1.165) is 24.2 Å². The molecule has 0 aliphatic carbocycles. The molecule has 0 radical (unpaired) electrons. The van der Waals surface area contributed by atoms with Gasteiger partial charge in [0.05, 0.1) is 12.7 Å². The average Bonchev–Trinajstić information content (AvgIpc) is 2.97. The number of para-hydroxylation sites is 1. The van der Waals surface area contributed by atoms with E-state index >= 15 is 0 Å². The third kappa shape index (κ3) is 3.95. The Kier molecular flexibility index (Phi) is 5.59. The summed E-state index contributed by atoms with van der Waals surface area (Å²) in [6.45, 7) is 3.55. The van der Waals surface area contributed by atoms with Crippen molar-refractivity contribution in [3.63, 3.8) is 0 Å². The molecule has 5 heteroatoms. The Hall–Kier alpha value is -1.59. The fraction of sp³-hybridized carbons (Fsp3) is 0.562. The highest BCUT2D eigenvalue weighted by Crippen LogP contribution is 2.23. The number of likely N-dealkylation sites (N-methyl/N-ethyl adjacent to an activating group) is 1. The van der Waals surface area contributed by atoms with Gasteiger partial charge in [0.15, 0.2) is 0 Å². The maximum Gasteiger partial charge on any atom is 0.251 e. The van der Waals surface area contributed by atoms with E-state index in [1.807, 2.05) is 31.2 Å². The van der Waals surface area contributed by atoms with Crippen LogP contribution in [0, 0.1) is 0 Å². The fourth-order valence-electron chi connectivity index (χ4n) is 2.57. The van der Waals surface area contributed by atoms with Crippen molar-refractivity contribution in [2.24, 2.45) is 5.73 Å². The van der Waals surface area contributed by atoms with Gasteiger partial charge in [-0.05, 0) is 25.8 Å². The van der Waals surface area contributed by atoms with E-state index in [-0.39, 0.29) is 18.1 Å². The van der Waals surface area contributed by atoms with Crippen LogP contribution in [0.3, 0.4) is 0 Å². The summed E-state index contributed by atoms with van der Waals surface area (Å²) in [4.78, 5) is 14.1. The zero-order valence-corrected chi connectivity index (χ0v) is 12.7. The smallest absolute Gasteiger partial charge is 0.251 e. The zero-order valence-electron chi connectivity index (χ0n) is 12.7. The van der Waals surface area contributed by atoms with E-state index in [9.17, 15) is 4.79 Å². The molecule has 1 fully saturated rings. The van der Waals surface area contributed by atoms with Crippen LogP contribution in [-0.4, -0.2) is 43.2 Å². The lowest BCUT2D eigenvalue weighted by molar-refractivity contribution is -0.141. The normalized spacial score (nSPS) is 21.3. The van der Waals surface area contributed by atoms with E-state index in [2.05, 4.69) is 0 Å². The fourth-order valence-corrected chi connectivity index (χ4v) is 2.57. The molecule has 1 aliphatic heterocycles. The van der Waals surface area contributed by atoms with Crippen LogP contribution in [0.15, 0.2) is 24.3 Å². The molecule has 1 heterocycles. The quantitative estimate of drug-likeness (QED) is 0.864. The predicted octanol–water partition coefficient (Wildman–Crippen LogP) is 1.55. The molecule has 116 valence electrons. The van der Waals surface area contributed by atoms with Gasteiger partial charge in [0.2, 0.25) is 0 Å². The summed E-state index contributed by atoms with van der Waals surface area (Å²) in [5, 5.41) is 0. The molecule has 1 aliphatic rings. The Labute approximate surface area is 126 Å². The Morgan fingerprint density at radius 3 is 2.86 bits per heavy atom. The van der Waals surface area contributed by atoms with Gasteiger partial charge < -0.3 is 20.1 Å². The van der Waals surface area contributed by atoms with Crippen molar-refractivity contribution >= 4 is 5.91 Å². The highest BCUT2D eigenvalue weighted by atomic mass is 16.5. The van der Waals surface area contributed by atoms with Gasteiger partial charge in [0.1, 0.15) is 11.9 Å². The molecule has 0 aromatic heterocycles. The molecule has 0 spiro atoms. The predicted molar refractivity (Wildman–Crippen MR) is 81.0 cm³/mol. The number of carbonyl (C=O) groups excluding carboxylic acids is 1. The number of benzene rings is 1. The van der Waals surface area contributed by atoms with Gasteiger partial charge in [0.25, 0.3) is 5.91 Å². The first-order chi connectivity index (χ1) is 10.2.